The number of unbranched alkanes of at least 4 members (excludes halogenated alkanes) is 25. The molecule has 0 saturated heterocycles. The standard InChI is InChI=1S/C43H81NO4/c1-3-5-7-9-11-13-15-17-18-19-20-21-22-23-24-25-26-28-30-32-34-36-38-42(47)43(48)44-40(39-45)41(46)37-35-33-31-29-27-16-14-12-10-8-6-4-2/h23-24,27,29,35,37,40-42,45-47H,3-22,25-26,28,30-34,36,38-39H2,1-2H3,(H,44,48)/b24-23-,29-27+,37-35+. The van der Waals surface area contributed by atoms with Gasteiger partial charge in [0.1, 0.15) is 6.10 Å². The number of amides is 1. The highest BCUT2D eigenvalue weighted by Crippen LogP contribution is 2.14. The highest BCUT2D eigenvalue weighted by atomic mass is 16.3. The summed E-state index contributed by atoms with van der Waals surface area (Å²) in [6, 6.07) is -0.815. The van der Waals surface area contributed by atoms with Crippen LogP contribution in [0.15, 0.2) is 36.5 Å². The topological polar surface area (TPSA) is 89.8 Å². The molecule has 48 heavy (non-hydrogen) atoms. The van der Waals surface area contributed by atoms with Gasteiger partial charge in [0.05, 0.1) is 18.8 Å². The second-order valence-electron chi connectivity index (χ2n) is 14.2. The van der Waals surface area contributed by atoms with Crippen LogP contribution in [0, 0.1) is 0 Å². The third-order valence-electron chi connectivity index (χ3n) is 9.45. The third-order valence-corrected chi connectivity index (χ3v) is 9.45. The van der Waals surface area contributed by atoms with Gasteiger partial charge < -0.3 is 20.6 Å². The summed E-state index contributed by atoms with van der Waals surface area (Å²) in [7, 11) is 0. The molecule has 5 nitrogen and oxygen atoms in total. The average Bonchev–Trinajstić information content (AvgIpc) is 3.09. The zero-order valence-electron chi connectivity index (χ0n) is 31.9. The summed E-state index contributed by atoms with van der Waals surface area (Å²) < 4.78 is 0. The Morgan fingerprint density at radius 1 is 0.500 bits per heavy atom. The number of carbonyl (C=O) groups excluding carboxylic acids is 1. The van der Waals surface area contributed by atoms with Crippen molar-refractivity contribution in [3.63, 3.8) is 0 Å². The lowest BCUT2D eigenvalue weighted by molar-refractivity contribution is -0.131. The first-order valence-corrected chi connectivity index (χ1v) is 20.8. The Bertz CT molecular complexity index is 749. The lowest BCUT2D eigenvalue weighted by atomic mass is 10.0. The number of carbonyl (C=O) groups is 1. The van der Waals surface area contributed by atoms with Gasteiger partial charge in [-0.3, -0.25) is 4.79 Å². The molecule has 282 valence electrons. The number of rotatable bonds is 37. The van der Waals surface area contributed by atoms with Crippen LogP contribution in [-0.2, 0) is 4.79 Å². The molecule has 0 rings (SSSR count). The first kappa shape index (κ1) is 46.6. The van der Waals surface area contributed by atoms with Crippen molar-refractivity contribution >= 4 is 5.91 Å². The lowest BCUT2D eigenvalue weighted by Crippen LogP contribution is -2.48. The molecule has 4 N–H and O–H groups in total. The second-order valence-corrected chi connectivity index (χ2v) is 14.2. The van der Waals surface area contributed by atoms with Gasteiger partial charge in [-0.2, -0.15) is 0 Å². The Morgan fingerprint density at radius 2 is 0.854 bits per heavy atom. The van der Waals surface area contributed by atoms with E-state index in [2.05, 4.69) is 43.5 Å². The van der Waals surface area contributed by atoms with E-state index in [1.54, 1.807) is 6.08 Å². The van der Waals surface area contributed by atoms with Crippen LogP contribution in [0.4, 0.5) is 0 Å². The first-order chi connectivity index (χ1) is 23.6. The molecule has 0 bridgehead atoms. The van der Waals surface area contributed by atoms with Crippen molar-refractivity contribution in [3.05, 3.63) is 36.5 Å². The van der Waals surface area contributed by atoms with Crippen molar-refractivity contribution in [1.29, 1.82) is 0 Å². The van der Waals surface area contributed by atoms with E-state index in [0.717, 1.165) is 38.5 Å². The number of hydrogen-bond donors (Lipinski definition) is 4. The predicted molar refractivity (Wildman–Crippen MR) is 208 cm³/mol. The van der Waals surface area contributed by atoms with Crippen molar-refractivity contribution in [3.8, 4) is 0 Å². The van der Waals surface area contributed by atoms with Gasteiger partial charge in [-0.15, -0.1) is 0 Å². The molecule has 0 saturated carbocycles. The fraction of sp³-hybridized carbons (Fsp3) is 0.837. The zero-order valence-corrected chi connectivity index (χ0v) is 31.9. The van der Waals surface area contributed by atoms with Crippen molar-refractivity contribution in [2.45, 2.75) is 225 Å². The fourth-order valence-electron chi connectivity index (χ4n) is 6.14. The summed E-state index contributed by atoms with van der Waals surface area (Å²) in [5.41, 5.74) is 0. The van der Waals surface area contributed by atoms with Crippen LogP contribution in [-0.4, -0.2) is 46.1 Å². The molecule has 0 aliphatic carbocycles. The largest absolute Gasteiger partial charge is 0.394 e. The maximum atomic E-state index is 12.4. The van der Waals surface area contributed by atoms with Gasteiger partial charge in [0.2, 0.25) is 5.91 Å². The molecular formula is C43H81NO4. The van der Waals surface area contributed by atoms with Gasteiger partial charge in [0.15, 0.2) is 0 Å². The minimum absolute atomic E-state index is 0.378. The monoisotopic (exact) mass is 676 g/mol. The molecule has 0 fully saturated rings. The summed E-state index contributed by atoms with van der Waals surface area (Å²) in [5.74, 6) is -0.519. The Hall–Kier alpha value is -1.43. The molecule has 0 heterocycles. The molecule has 1 amide bonds. The molecule has 0 aromatic carbocycles. The van der Waals surface area contributed by atoms with Gasteiger partial charge in [0.25, 0.3) is 0 Å². The van der Waals surface area contributed by atoms with Crippen LogP contribution in [0.3, 0.4) is 0 Å². The van der Waals surface area contributed by atoms with Crippen LogP contribution in [0.5, 0.6) is 0 Å². The van der Waals surface area contributed by atoms with E-state index in [1.807, 2.05) is 6.08 Å². The highest BCUT2D eigenvalue weighted by molar-refractivity contribution is 5.80. The Balaban J connectivity index is 3.69. The summed E-state index contributed by atoms with van der Waals surface area (Å²) in [5, 5.41) is 33.0. The van der Waals surface area contributed by atoms with E-state index in [4.69, 9.17) is 0 Å². The van der Waals surface area contributed by atoms with Crippen LogP contribution in [0.2, 0.25) is 0 Å². The molecule has 3 unspecified atom stereocenters. The maximum absolute atomic E-state index is 12.4. The molecular weight excluding hydrogens is 594 g/mol. The van der Waals surface area contributed by atoms with Crippen LogP contribution >= 0.6 is 0 Å². The molecule has 0 spiro atoms. The highest BCUT2D eigenvalue weighted by Gasteiger charge is 2.22. The molecule has 3 atom stereocenters. The van der Waals surface area contributed by atoms with Crippen LogP contribution in [0.1, 0.15) is 206 Å². The third kappa shape index (κ3) is 33.1. The Labute approximate surface area is 298 Å². The number of allylic oxidation sites excluding steroid dienone is 5. The van der Waals surface area contributed by atoms with Crippen molar-refractivity contribution in [2.24, 2.45) is 0 Å². The molecule has 0 aliphatic heterocycles. The summed E-state index contributed by atoms with van der Waals surface area (Å²) in [6.07, 6.45) is 47.5. The average molecular weight is 676 g/mol. The molecule has 0 aliphatic rings. The number of hydrogen-bond acceptors (Lipinski definition) is 4. The summed E-state index contributed by atoms with van der Waals surface area (Å²) in [4.78, 5) is 12.4. The van der Waals surface area contributed by atoms with E-state index < -0.39 is 24.2 Å². The summed E-state index contributed by atoms with van der Waals surface area (Å²) >= 11 is 0. The fourth-order valence-corrected chi connectivity index (χ4v) is 6.14. The first-order valence-electron chi connectivity index (χ1n) is 20.8. The second kappa shape index (κ2) is 38.4. The van der Waals surface area contributed by atoms with Crippen molar-refractivity contribution in [1.82, 2.24) is 5.32 Å². The van der Waals surface area contributed by atoms with E-state index >= 15 is 0 Å². The van der Waals surface area contributed by atoms with Crippen molar-refractivity contribution in [2.75, 3.05) is 6.61 Å². The maximum Gasteiger partial charge on any atom is 0.249 e. The summed E-state index contributed by atoms with van der Waals surface area (Å²) in [6.45, 7) is 4.14. The van der Waals surface area contributed by atoms with Crippen LogP contribution in [0.25, 0.3) is 0 Å². The molecule has 0 aromatic heterocycles. The number of aliphatic hydroxyl groups is 3. The van der Waals surface area contributed by atoms with E-state index in [0.29, 0.717) is 6.42 Å². The van der Waals surface area contributed by atoms with E-state index in [1.165, 1.54) is 148 Å². The van der Waals surface area contributed by atoms with Crippen molar-refractivity contribution < 1.29 is 20.1 Å². The predicted octanol–water partition coefficient (Wildman–Crippen LogP) is 11.6. The minimum atomic E-state index is -1.11. The zero-order chi connectivity index (χ0) is 35.2. The molecule has 5 heteroatoms. The normalized spacial score (nSPS) is 14.0. The lowest BCUT2D eigenvalue weighted by Gasteiger charge is -2.21. The quantitative estimate of drug-likeness (QED) is 0.0390. The minimum Gasteiger partial charge on any atom is -0.394 e. The van der Waals surface area contributed by atoms with Crippen LogP contribution < -0.4 is 5.32 Å². The Kier molecular flexibility index (Phi) is 37.2. The van der Waals surface area contributed by atoms with Gasteiger partial charge in [-0.25, -0.2) is 0 Å². The Morgan fingerprint density at radius 3 is 1.27 bits per heavy atom. The van der Waals surface area contributed by atoms with Gasteiger partial charge in [-0.05, 0) is 57.8 Å². The van der Waals surface area contributed by atoms with E-state index in [9.17, 15) is 20.1 Å². The smallest absolute Gasteiger partial charge is 0.249 e. The molecule has 0 radical (unpaired) electrons. The van der Waals surface area contributed by atoms with E-state index in [-0.39, 0.29) is 6.61 Å². The SMILES string of the molecule is CCCCCCCC/C=C/CC/C=C/C(O)C(CO)NC(=O)C(O)CCCCCCCC/C=C\CCCCCCCCCCCCCC. The van der Waals surface area contributed by atoms with Gasteiger partial charge in [-0.1, -0.05) is 185 Å². The van der Waals surface area contributed by atoms with Gasteiger partial charge >= 0.3 is 0 Å². The molecule has 0 aromatic rings. The number of aliphatic hydroxyl groups excluding tert-OH is 3. The van der Waals surface area contributed by atoms with Gasteiger partial charge in [0, 0.05) is 0 Å². The number of nitrogens with one attached hydrogen (secondary N) is 1.